The summed E-state index contributed by atoms with van der Waals surface area (Å²) in [6.45, 7) is 18.0. The van der Waals surface area contributed by atoms with Crippen LogP contribution in [0.3, 0.4) is 0 Å². The maximum atomic E-state index is 12.8. The molecule has 0 bridgehead atoms. The minimum Gasteiger partial charge on any atom is -0.336 e. The molecule has 4 rings (SSSR count). The smallest absolute Gasteiger partial charge is 0.253 e. The molecule has 186 valence electrons. The fourth-order valence-corrected chi connectivity index (χ4v) is 4.49. The minimum absolute atomic E-state index is 0.154. The molecular weight excluding hydrogens is 427 g/mol. The lowest BCUT2D eigenvalue weighted by Crippen LogP contribution is -2.50. The van der Waals surface area contributed by atoms with Crippen molar-refractivity contribution in [2.75, 3.05) is 52.4 Å². The molecule has 2 aliphatic rings. The SMILES string of the molecule is CC(C)N1CCN(C(=O)c2ccccc2)CC1.CC(C)N1CCN(Cc2ccc(F)cc2)CC1. The molecule has 2 aromatic carbocycles. The van der Waals surface area contributed by atoms with Crippen molar-refractivity contribution in [2.45, 2.75) is 46.3 Å². The second-order valence-electron chi connectivity index (χ2n) is 9.82. The van der Waals surface area contributed by atoms with Gasteiger partial charge in [0.2, 0.25) is 0 Å². The molecule has 2 heterocycles. The van der Waals surface area contributed by atoms with Crippen LogP contribution in [0.1, 0.15) is 43.6 Å². The largest absolute Gasteiger partial charge is 0.336 e. The zero-order valence-electron chi connectivity index (χ0n) is 21.3. The molecule has 6 heteroatoms. The average molecular weight is 469 g/mol. The van der Waals surface area contributed by atoms with Gasteiger partial charge >= 0.3 is 0 Å². The Hall–Kier alpha value is -2.28. The number of halogens is 1. The molecule has 2 fully saturated rings. The van der Waals surface area contributed by atoms with E-state index in [1.165, 1.54) is 5.56 Å². The quantitative estimate of drug-likeness (QED) is 0.658. The number of hydrogen-bond acceptors (Lipinski definition) is 4. The normalized spacial score (nSPS) is 18.1. The Morgan fingerprint density at radius 3 is 1.74 bits per heavy atom. The minimum atomic E-state index is -0.154. The average Bonchev–Trinajstić information content (AvgIpc) is 2.86. The van der Waals surface area contributed by atoms with Gasteiger partial charge in [0.15, 0.2) is 0 Å². The van der Waals surface area contributed by atoms with E-state index in [-0.39, 0.29) is 11.7 Å². The van der Waals surface area contributed by atoms with Crippen LogP contribution in [0, 0.1) is 5.82 Å². The van der Waals surface area contributed by atoms with Crippen molar-refractivity contribution < 1.29 is 9.18 Å². The van der Waals surface area contributed by atoms with Crippen molar-refractivity contribution >= 4 is 5.91 Å². The third kappa shape index (κ3) is 7.90. The summed E-state index contributed by atoms with van der Waals surface area (Å²) < 4.78 is 12.8. The lowest BCUT2D eigenvalue weighted by Gasteiger charge is -2.36. The maximum Gasteiger partial charge on any atom is 0.253 e. The number of nitrogens with zero attached hydrogens (tertiary/aromatic N) is 4. The van der Waals surface area contributed by atoms with E-state index in [1.807, 2.05) is 47.4 Å². The lowest BCUT2D eigenvalue weighted by molar-refractivity contribution is 0.0595. The summed E-state index contributed by atoms with van der Waals surface area (Å²) >= 11 is 0. The monoisotopic (exact) mass is 468 g/mol. The van der Waals surface area contributed by atoms with Gasteiger partial charge in [-0.15, -0.1) is 0 Å². The standard InChI is InChI=1S/C14H21FN2.C14H20N2O/c1-12(2)17-9-7-16(8-10-17)11-13-3-5-14(15)6-4-13;1-12(2)15-8-10-16(11-9-15)14(17)13-6-4-3-5-7-13/h3-6,12H,7-11H2,1-2H3;3-7,12H,8-11H2,1-2H3. The Balaban J connectivity index is 0.000000191. The second kappa shape index (κ2) is 13.0. The van der Waals surface area contributed by atoms with Gasteiger partial charge in [-0.3, -0.25) is 19.5 Å². The van der Waals surface area contributed by atoms with Crippen LogP contribution in [-0.2, 0) is 6.54 Å². The predicted octanol–water partition coefficient (Wildman–Crippen LogP) is 4.20. The van der Waals surface area contributed by atoms with Crippen molar-refractivity contribution in [3.8, 4) is 0 Å². The molecule has 0 aliphatic carbocycles. The number of piperazine rings is 2. The van der Waals surface area contributed by atoms with E-state index in [0.29, 0.717) is 12.1 Å². The molecule has 0 atom stereocenters. The Bertz CT molecular complexity index is 856. The van der Waals surface area contributed by atoms with Crippen molar-refractivity contribution in [1.29, 1.82) is 0 Å². The summed E-state index contributed by atoms with van der Waals surface area (Å²) in [7, 11) is 0. The molecule has 2 aromatic rings. The molecule has 0 radical (unpaired) electrons. The van der Waals surface area contributed by atoms with Crippen molar-refractivity contribution in [2.24, 2.45) is 0 Å². The molecule has 0 saturated carbocycles. The highest BCUT2D eigenvalue weighted by atomic mass is 19.1. The number of carbonyl (C=O) groups excluding carboxylic acids is 1. The van der Waals surface area contributed by atoms with E-state index in [1.54, 1.807) is 12.1 Å². The van der Waals surface area contributed by atoms with Crippen LogP contribution >= 0.6 is 0 Å². The topological polar surface area (TPSA) is 30.0 Å². The van der Waals surface area contributed by atoms with Gasteiger partial charge in [0.25, 0.3) is 5.91 Å². The molecular formula is C28H41FN4O. The van der Waals surface area contributed by atoms with Gasteiger partial charge in [0, 0.05) is 76.5 Å². The van der Waals surface area contributed by atoms with Crippen molar-refractivity contribution in [1.82, 2.24) is 19.6 Å². The summed E-state index contributed by atoms with van der Waals surface area (Å²) in [5.41, 5.74) is 2.00. The molecule has 0 aromatic heterocycles. The maximum absolute atomic E-state index is 12.8. The van der Waals surface area contributed by atoms with Crippen molar-refractivity contribution in [3.05, 3.63) is 71.5 Å². The lowest BCUT2D eigenvalue weighted by atomic mass is 10.1. The second-order valence-corrected chi connectivity index (χ2v) is 9.82. The van der Waals surface area contributed by atoms with E-state index in [4.69, 9.17) is 0 Å². The van der Waals surface area contributed by atoms with Crippen LogP contribution in [0.5, 0.6) is 0 Å². The van der Waals surface area contributed by atoms with Gasteiger partial charge in [0.05, 0.1) is 0 Å². The van der Waals surface area contributed by atoms with Crippen molar-refractivity contribution in [3.63, 3.8) is 0 Å². The molecule has 0 spiro atoms. The molecule has 5 nitrogen and oxygen atoms in total. The van der Waals surface area contributed by atoms with Crippen LogP contribution in [0.15, 0.2) is 54.6 Å². The predicted molar refractivity (Wildman–Crippen MR) is 137 cm³/mol. The molecule has 0 unspecified atom stereocenters. The Labute approximate surface area is 205 Å². The van der Waals surface area contributed by atoms with E-state index in [2.05, 4.69) is 42.4 Å². The van der Waals surface area contributed by atoms with E-state index >= 15 is 0 Å². The molecule has 2 saturated heterocycles. The summed E-state index contributed by atoms with van der Waals surface area (Å²) in [6, 6.07) is 17.6. The van der Waals surface area contributed by atoms with E-state index in [0.717, 1.165) is 64.5 Å². The first-order chi connectivity index (χ1) is 16.3. The van der Waals surface area contributed by atoms with E-state index < -0.39 is 0 Å². The van der Waals surface area contributed by atoms with Gasteiger partial charge in [-0.2, -0.15) is 0 Å². The fraction of sp³-hybridized carbons (Fsp3) is 0.536. The van der Waals surface area contributed by atoms with Gasteiger partial charge in [-0.05, 0) is 57.5 Å². The number of rotatable bonds is 5. The highest BCUT2D eigenvalue weighted by molar-refractivity contribution is 5.94. The zero-order chi connectivity index (χ0) is 24.5. The molecule has 1 amide bonds. The molecule has 0 N–H and O–H groups in total. The van der Waals surface area contributed by atoms with Crippen LogP contribution in [-0.4, -0.2) is 89.9 Å². The number of benzene rings is 2. The highest BCUT2D eigenvalue weighted by Crippen LogP contribution is 2.12. The van der Waals surface area contributed by atoms with Gasteiger partial charge in [-0.1, -0.05) is 30.3 Å². The number of hydrogen-bond donors (Lipinski definition) is 0. The number of carbonyl (C=O) groups is 1. The highest BCUT2D eigenvalue weighted by Gasteiger charge is 2.23. The summed E-state index contributed by atoms with van der Waals surface area (Å²) in [6.07, 6.45) is 0. The number of amides is 1. The summed E-state index contributed by atoms with van der Waals surface area (Å²) in [4.78, 5) is 21.5. The Morgan fingerprint density at radius 2 is 1.24 bits per heavy atom. The summed E-state index contributed by atoms with van der Waals surface area (Å²) in [5.74, 6) is 0.00684. The molecule has 34 heavy (non-hydrogen) atoms. The Morgan fingerprint density at radius 1 is 0.735 bits per heavy atom. The Kier molecular flexibility index (Phi) is 10.1. The van der Waals surface area contributed by atoms with Gasteiger partial charge < -0.3 is 4.90 Å². The van der Waals surface area contributed by atoms with Crippen LogP contribution in [0.4, 0.5) is 4.39 Å². The van der Waals surface area contributed by atoms with Gasteiger partial charge in [0.1, 0.15) is 5.82 Å². The first kappa shape index (κ1) is 26.3. The molecule has 2 aliphatic heterocycles. The first-order valence-electron chi connectivity index (χ1n) is 12.6. The van der Waals surface area contributed by atoms with Crippen LogP contribution < -0.4 is 0 Å². The zero-order valence-corrected chi connectivity index (χ0v) is 21.3. The fourth-order valence-electron chi connectivity index (χ4n) is 4.49. The third-order valence-electron chi connectivity index (χ3n) is 6.81. The van der Waals surface area contributed by atoms with Gasteiger partial charge in [-0.25, -0.2) is 4.39 Å². The van der Waals surface area contributed by atoms with E-state index in [9.17, 15) is 9.18 Å². The third-order valence-corrected chi connectivity index (χ3v) is 6.81. The van der Waals surface area contributed by atoms with Crippen LogP contribution in [0.25, 0.3) is 0 Å². The summed E-state index contributed by atoms with van der Waals surface area (Å²) in [5, 5.41) is 0. The first-order valence-corrected chi connectivity index (χ1v) is 12.6. The van der Waals surface area contributed by atoms with Crippen LogP contribution in [0.2, 0.25) is 0 Å².